The molecule has 1 aromatic rings. The van der Waals surface area contributed by atoms with Crippen LogP contribution in [0.2, 0.25) is 0 Å². The molecule has 0 aliphatic rings. The molecular formula is C12H20N2O2S. The third-order valence-corrected chi connectivity index (χ3v) is 3.77. The van der Waals surface area contributed by atoms with Crippen molar-refractivity contribution in [1.29, 1.82) is 0 Å². The van der Waals surface area contributed by atoms with Gasteiger partial charge in [0, 0.05) is 24.4 Å². The smallest absolute Gasteiger partial charge is 0.303 e. The van der Waals surface area contributed by atoms with Crippen molar-refractivity contribution in [3.05, 3.63) is 11.1 Å². The van der Waals surface area contributed by atoms with Crippen molar-refractivity contribution in [2.24, 2.45) is 0 Å². The number of carbonyl (C=O) groups is 1. The van der Waals surface area contributed by atoms with Gasteiger partial charge in [0.05, 0.1) is 12.1 Å². The SMILES string of the molecule is CCC(C)N(CC)c1nc(CCC(=O)O)cs1. The quantitative estimate of drug-likeness (QED) is 0.815. The molecule has 0 saturated heterocycles. The molecule has 0 saturated carbocycles. The van der Waals surface area contributed by atoms with E-state index in [-0.39, 0.29) is 6.42 Å². The van der Waals surface area contributed by atoms with Crippen LogP contribution >= 0.6 is 11.3 Å². The topological polar surface area (TPSA) is 53.4 Å². The van der Waals surface area contributed by atoms with E-state index in [4.69, 9.17) is 5.11 Å². The number of aliphatic carboxylic acids is 1. The summed E-state index contributed by atoms with van der Waals surface area (Å²) >= 11 is 1.60. The second-order valence-corrected chi connectivity index (χ2v) is 4.89. The summed E-state index contributed by atoms with van der Waals surface area (Å²) in [6.45, 7) is 7.39. The van der Waals surface area contributed by atoms with Gasteiger partial charge in [-0.25, -0.2) is 4.98 Å². The van der Waals surface area contributed by atoms with E-state index in [1.165, 1.54) is 0 Å². The number of aromatic nitrogens is 1. The largest absolute Gasteiger partial charge is 0.481 e. The molecule has 0 amide bonds. The van der Waals surface area contributed by atoms with Gasteiger partial charge in [-0.3, -0.25) is 4.79 Å². The van der Waals surface area contributed by atoms with E-state index in [0.29, 0.717) is 12.5 Å². The lowest BCUT2D eigenvalue weighted by molar-refractivity contribution is -0.136. The molecule has 1 aromatic heterocycles. The molecule has 96 valence electrons. The first-order valence-electron chi connectivity index (χ1n) is 6.01. The Labute approximate surface area is 106 Å². The van der Waals surface area contributed by atoms with Crippen molar-refractivity contribution in [2.75, 3.05) is 11.4 Å². The number of anilines is 1. The van der Waals surface area contributed by atoms with Crippen molar-refractivity contribution >= 4 is 22.4 Å². The van der Waals surface area contributed by atoms with Crippen molar-refractivity contribution in [3.8, 4) is 0 Å². The fourth-order valence-electron chi connectivity index (χ4n) is 1.63. The Bertz CT molecular complexity index is 365. The zero-order chi connectivity index (χ0) is 12.8. The summed E-state index contributed by atoms with van der Waals surface area (Å²) in [7, 11) is 0. The molecule has 0 bridgehead atoms. The molecule has 4 nitrogen and oxygen atoms in total. The first-order chi connectivity index (χ1) is 8.08. The fourth-order valence-corrected chi connectivity index (χ4v) is 2.66. The summed E-state index contributed by atoms with van der Waals surface area (Å²) < 4.78 is 0. The third kappa shape index (κ3) is 4.00. The average molecular weight is 256 g/mol. The molecule has 0 spiro atoms. The zero-order valence-corrected chi connectivity index (χ0v) is 11.5. The Morgan fingerprint density at radius 2 is 2.29 bits per heavy atom. The van der Waals surface area contributed by atoms with Gasteiger partial charge >= 0.3 is 5.97 Å². The van der Waals surface area contributed by atoms with Crippen molar-refractivity contribution in [1.82, 2.24) is 4.98 Å². The Kier molecular flexibility index (Phi) is 5.41. The second kappa shape index (κ2) is 6.59. The minimum absolute atomic E-state index is 0.151. The number of nitrogens with zero attached hydrogens (tertiary/aromatic N) is 2. The summed E-state index contributed by atoms with van der Waals surface area (Å²) in [6.07, 6.45) is 1.75. The molecule has 1 N–H and O–H groups in total. The Morgan fingerprint density at radius 1 is 1.59 bits per heavy atom. The minimum atomic E-state index is -0.770. The number of carboxylic acid groups (broad SMARTS) is 1. The van der Waals surface area contributed by atoms with E-state index in [1.54, 1.807) is 11.3 Å². The van der Waals surface area contributed by atoms with E-state index >= 15 is 0 Å². The summed E-state index contributed by atoms with van der Waals surface area (Å²) in [5, 5.41) is 11.6. The van der Waals surface area contributed by atoms with Gasteiger partial charge in [0.15, 0.2) is 5.13 Å². The van der Waals surface area contributed by atoms with Crippen molar-refractivity contribution in [3.63, 3.8) is 0 Å². The van der Waals surface area contributed by atoms with Crippen LogP contribution in [0.1, 0.15) is 39.3 Å². The maximum atomic E-state index is 10.5. The highest BCUT2D eigenvalue weighted by molar-refractivity contribution is 7.13. The number of rotatable bonds is 7. The lowest BCUT2D eigenvalue weighted by Gasteiger charge is -2.26. The van der Waals surface area contributed by atoms with E-state index in [9.17, 15) is 4.79 Å². The van der Waals surface area contributed by atoms with Crippen LogP contribution in [0.5, 0.6) is 0 Å². The second-order valence-electron chi connectivity index (χ2n) is 4.06. The molecule has 1 heterocycles. The minimum Gasteiger partial charge on any atom is -0.481 e. The molecule has 0 radical (unpaired) electrons. The third-order valence-electron chi connectivity index (χ3n) is 2.84. The van der Waals surface area contributed by atoms with Gasteiger partial charge in [0.1, 0.15) is 0 Å². The monoisotopic (exact) mass is 256 g/mol. The van der Waals surface area contributed by atoms with Gasteiger partial charge in [-0.05, 0) is 20.3 Å². The van der Waals surface area contributed by atoms with Crippen molar-refractivity contribution < 1.29 is 9.90 Å². The lowest BCUT2D eigenvalue weighted by atomic mass is 10.2. The average Bonchev–Trinajstić information content (AvgIpc) is 2.75. The fraction of sp³-hybridized carbons (Fsp3) is 0.667. The molecule has 1 unspecified atom stereocenters. The molecular weight excluding hydrogens is 236 g/mol. The normalized spacial score (nSPS) is 12.4. The molecule has 0 aliphatic heterocycles. The Balaban J connectivity index is 2.68. The molecule has 0 aliphatic carbocycles. The highest BCUT2D eigenvalue weighted by Crippen LogP contribution is 2.23. The standard InChI is InChI=1S/C12H20N2O2S/c1-4-9(3)14(5-2)12-13-10(8-17-12)6-7-11(15)16/h8-9H,4-7H2,1-3H3,(H,15,16). The number of hydrogen-bond donors (Lipinski definition) is 1. The van der Waals surface area contributed by atoms with Crippen LogP contribution in [0.3, 0.4) is 0 Å². The van der Waals surface area contributed by atoms with Crippen LogP contribution in [0.25, 0.3) is 0 Å². The molecule has 0 aromatic carbocycles. The van der Waals surface area contributed by atoms with E-state index < -0.39 is 5.97 Å². The highest BCUT2D eigenvalue weighted by atomic mass is 32.1. The van der Waals surface area contributed by atoms with E-state index in [1.807, 2.05) is 5.38 Å². The predicted octanol–water partition coefficient (Wildman–Crippen LogP) is 2.79. The van der Waals surface area contributed by atoms with Crippen LogP contribution in [0.15, 0.2) is 5.38 Å². The first kappa shape index (κ1) is 14.0. The van der Waals surface area contributed by atoms with Gasteiger partial charge < -0.3 is 10.0 Å². The molecule has 17 heavy (non-hydrogen) atoms. The number of thiazole rings is 1. The van der Waals surface area contributed by atoms with Gasteiger partial charge in [-0.2, -0.15) is 0 Å². The Hall–Kier alpha value is -1.10. The number of carboxylic acids is 1. The molecule has 1 atom stereocenters. The van der Waals surface area contributed by atoms with Crippen LogP contribution in [-0.2, 0) is 11.2 Å². The number of hydrogen-bond acceptors (Lipinski definition) is 4. The van der Waals surface area contributed by atoms with Crippen LogP contribution in [0, 0.1) is 0 Å². The van der Waals surface area contributed by atoms with Gasteiger partial charge in [0.25, 0.3) is 0 Å². The Morgan fingerprint density at radius 3 is 2.82 bits per heavy atom. The van der Waals surface area contributed by atoms with Crippen LogP contribution in [0.4, 0.5) is 5.13 Å². The summed E-state index contributed by atoms with van der Waals surface area (Å²) in [5.41, 5.74) is 0.883. The van der Waals surface area contributed by atoms with Crippen LogP contribution in [-0.4, -0.2) is 28.6 Å². The maximum Gasteiger partial charge on any atom is 0.303 e. The van der Waals surface area contributed by atoms with Gasteiger partial charge in [-0.1, -0.05) is 6.92 Å². The predicted molar refractivity (Wildman–Crippen MR) is 70.8 cm³/mol. The summed E-state index contributed by atoms with van der Waals surface area (Å²) in [6, 6.07) is 0.471. The van der Waals surface area contributed by atoms with Gasteiger partial charge in [-0.15, -0.1) is 11.3 Å². The lowest BCUT2D eigenvalue weighted by Crippen LogP contribution is -2.32. The first-order valence-corrected chi connectivity index (χ1v) is 6.89. The summed E-state index contributed by atoms with van der Waals surface area (Å²) in [4.78, 5) is 17.3. The van der Waals surface area contributed by atoms with E-state index in [2.05, 4.69) is 30.7 Å². The highest BCUT2D eigenvalue weighted by Gasteiger charge is 2.14. The zero-order valence-electron chi connectivity index (χ0n) is 10.6. The van der Waals surface area contributed by atoms with Gasteiger partial charge in [0.2, 0.25) is 0 Å². The molecule has 1 rings (SSSR count). The molecule has 0 fully saturated rings. The number of aryl methyl sites for hydroxylation is 1. The van der Waals surface area contributed by atoms with E-state index in [0.717, 1.165) is 23.8 Å². The van der Waals surface area contributed by atoms with Crippen LogP contribution < -0.4 is 4.90 Å². The molecule has 5 heteroatoms. The van der Waals surface area contributed by atoms with Crippen molar-refractivity contribution in [2.45, 2.75) is 46.1 Å². The maximum absolute atomic E-state index is 10.5. The summed E-state index contributed by atoms with van der Waals surface area (Å²) in [5.74, 6) is -0.770.